The Morgan fingerprint density at radius 3 is 2.11 bits per heavy atom. The van der Waals surface area contributed by atoms with Crippen molar-refractivity contribution in [1.82, 2.24) is 0 Å². The number of benzene rings is 3. The third-order valence-corrected chi connectivity index (χ3v) is 7.00. The molecule has 0 saturated carbocycles. The van der Waals surface area contributed by atoms with Crippen molar-refractivity contribution in [1.29, 1.82) is 0 Å². The normalized spacial score (nSPS) is 11.4. The predicted molar refractivity (Wildman–Crippen MR) is 115 cm³/mol. The van der Waals surface area contributed by atoms with Crippen molar-refractivity contribution in [3.63, 3.8) is 0 Å². The number of anilines is 1. The van der Waals surface area contributed by atoms with Crippen LogP contribution < -0.4 is 4.31 Å². The zero-order chi connectivity index (χ0) is 19.6. The van der Waals surface area contributed by atoms with Gasteiger partial charge in [-0.25, -0.2) is 8.42 Å². The van der Waals surface area contributed by atoms with E-state index in [9.17, 15) is 8.42 Å². The van der Waals surface area contributed by atoms with Gasteiger partial charge in [0.2, 0.25) is 0 Å². The first-order valence-corrected chi connectivity index (χ1v) is 10.9. The number of sulfonamides is 1. The zero-order valence-electron chi connectivity index (χ0n) is 15.6. The quantitative estimate of drug-likeness (QED) is 0.501. The van der Waals surface area contributed by atoms with Crippen molar-refractivity contribution in [2.24, 2.45) is 0 Å². The highest BCUT2D eigenvalue weighted by Gasteiger charge is 2.26. The Kier molecular flexibility index (Phi) is 5.72. The number of aryl methyl sites for hydroxylation is 2. The molecule has 0 aliphatic carbocycles. The molecule has 0 atom stereocenters. The molecule has 0 radical (unpaired) electrons. The van der Waals surface area contributed by atoms with Crippen LogP contribution in [0, 0.1) is 20.8 Å². The van der Waals surface area contributed by atoms with Crippen LogP contribution in [0.3, 0.4) is 0 Å². The molecule has 0 aliphatic rings. The first-order chi connectivity index (χ1) is 12.8. The maximum Gasteiger partial charge on any atom is 0.264 e. The molecule has 0 bridgehead atoms. The van der Waals surface area contributed by atoms with Crippen molar-refractivity contribution in [2.45, 2.75) is 32.2 Å². The number of nitrogens with zero attached hydrogens (tertiary/aromatic N) is 1. The van der Waals surface area contributed by atoms with E-state index in [0.717, 1.165) is 26.7 Å². The van der Waals surface area contributed by atoms with Crippen LogP contribution in [0.15, 0.2) is 76.1 Å². The van der Waals surface area contributed by atoms with Crippen molar-refractivity contribution in [2.75, 3.05) is 4.31 Å². The van der Waals surface area contributed by atoms with Gasteiger partial charge in [-0.2, -0.15) is 0 Å². The van der Waals surface area contributed by atoms with Crippen LogP contribution in [0.5, 0.6) is 0 Å². The largest absolute Gasteiger partial charge is 0.264 e. The SMILES string of the molecule is Cc1ccc(S(=O)(=O)N(Cc2ccc(Br)cc2)c2cccc(C)c2C)cc1. The molecule has 0 amide bonds. The number of hydrogen-bond acceptors (Lipinski definition) is 2. The Balaban J connectivity index is 2.13. The van der Waals surface area contributed by atoms with E-state index < -0.39 is 10.0 Å². The topological polar surface area (TPSA) is 37.4 Å². The minimum atomic E-state index is -3.70. The Hall–Kier alpha value is -2.11. The Morgan fingerprint density at radius 1 is 0.852 bits per heavy atom. The zero-order valence-corrected chi connectivity index (χ0v) is 18.0. The summed E-state index contributed by atoms with van der Waals surface area (Å²) in [6.07, 6.45) is 0. The lowest BCUT2D eigenvalue weighted by atomic mass is 10.1. The molecular weight excluding hydrogens is 422 g/mol. The maximum atomic E-state index is 13.5. The first kappa shape index (κ1) is 19.6. The molecule has 0 fully saturated rings. The van der Waals surface area contributed by atoms with Gasteiger partial charge < -0.3 is 0 Å². The monoisotopic (exact) mass is 443 g/mol. The third kappa shape index (κ3) is 4.25. The van der Waals surface area contributed by atoms with Gasteiger partial charge in [0.1, 0.15) is 0 Å². The maximum absolute atomic E-state index is 13.5. The summed E-state index contributed by atoms with van der Waals surface area (Å²) in [5.41, 5.74) is 4.69. The summed E-state index contributed by atoms with van der Waals surface area (Å²) < 4.78 is 29.5. The van der Waals surface area contributed by atoms with E-state index in [1.165, 1.54) is 4.31 Å². The van der Waals surface area contributed by atoms with Crippen LogP contribution in [0.2, 0.25) is 0 Å². The molecule has 0 spiro atoms. The highest BCUT2D eigenvalue weighted by atomic mass is 79.9. The van der Waals surface area contributed by atoms with Crippen LogP contribution >= 0.6 is 15.9 Å². The standard InChI is InChI=1S/C22H22BrNO2S/c1-16-7-13-21(14-8-16)27(25,26)24(15-19-9-11-20(23)12-10-19)22-6-4-5-17(2)18(22)3/h4-14H,15H2,1-3H3. The molecule has 3 rings (SSSR count). The van der Waals surface area contributed by atoms with Crippen LogP contribution in [-0.4, -0.2) is 8.42 Å². The second-order valence-electron chi connectivity index (χ2n) is 6.67. The second-order valence-corrected chi connectivity index (χ2v) is 9.45. The van der Waals surface area contributed by atoms with E-state index >= 15 is 0 Å². The van der Waals surface area contributed by atoms with E-state index in [1.807, 2.05) is 75.4 Å². The fraction of sp³-hybridized carbons (Fsp3) is 0.182. The minimum Gasteiger partial charge on any atom is -0.262 e. The fourth-order valence-corrected chi connectivity index (χ4v) is 4.67. The van der Waals surface area contributed by atoms with Gasteiger partial charge in [0.25, 0.3) is 10.0 Å². The number of halogens is 1. The van der Waals surface area contributed by atoms with Crippen molar-refractivity contribution in [3.8, 4) is 0 Å². The van der Waals surface area contributed by atoms with E-state index in [4.69, 9.17) is 0 Å². The number of rotatable bonds is 5. The summed E-state index contributed by atoms with van der Waals surface area (Å²) in [5.74, 6) is 0. The summed E-state index contributed by atoms with van der Waals surface area (Å²) in [6, 6.07) is 20.5. The van der Waals surface area contributed by atoms with E-state index in [1.54, 1.807) is 12.1 Å². The summed E-state index contributed by atoms with van der Waals surface area (Å²) in [7, 11) is -3.70. The Labute approximate surface area is 169 Å². The van der Waals surface area contributed by atoms with Crippen LogP contribution in [0.25, 0.3) is 0 Å². The lowest BCUT2D eigenvalue weighted by molar-refractivity contribution is 0.590. The molecule has 27 heavy (non-hydrogen) atoms. The minimum absolute atomic E-state index is 0.272. The second kappa shape index (κ2) is 7.87. The summed E-state index contributed by atoms with van der Waals surface area (Å²) in [5, 5.41) is 0. The van der Waals surface area contributed by atoms with Crippen molar-refractivity contribution >= 4 is 31.6 Å². The van der Waals surface area contributed by atoms with Gasteiger partial charge in [0.15, 0.2) is 0 Å². The lowest BCUT2D eigenvalue weighted by Gasteiger charge is -2.27. The molecule has 0 aromatic heterocycles. The highest BCUT2D eigenvalue weighted by Crippen LogP contribution is 2.30. The van der Waals surface area contributed by atoms with Gasteiger partial charge in [-0.3, -0.25) is 4.31 Å². The number of hydrogen-bond donors (Lipinski definition) is 0. The van der Waals surface area contributed by atoms with Crippen molar-refractivity contribution in [3.05, 3.63) is 93.5 Å². The van der Waals surface area contributed by atoms with E-state index in [2.05, 4.69) is 15.9 Å². The molecule has 5 heteroatoms. The summed E-state index contributed by atoms with van der Waals surface area (Å²) in [4.78, 5) is 0.297. The summed E-state index contributed by atoms with van der Waals surface area (Å²) >= 11 is 3.43. The Morgan fingerprint density at radius 2 is 1.48 bits per heavy atom. The van der Waals surface area contributed by atoms with Crippen LogP contribution in [-0.2, 0) is 16.6 Å². The van der Waals surface area contributed by atoms with Gasteiger partial charge >= 0.3 is 0 Å². The molecule has 0 heterocycles. The average molecular weight is 444 g/mol. The molecule has 0 unspecified atom stereocenters. The van der Waals surface area contributed by atoms with Gasteiger partial charge in [-0.05, 0) is 67.8 Å². The van der Waals surface area contributed by atoms with Gasteiger partial charge in [0.05, 0.1) is 17.1 Å². The highest BCUT2D eigenvalue weighted by molar-refractivity contribution is 9.10. The van der Waals surface area contributed by atoms with Gasteiger partial charge in [0, 0.05) is 4.47 Å². The lowest BCUT2D eigenvalue weighted by Crippen LogP contribution is -2.31. The first-order valence-electron chi connectivity index (χ1n) is 8.69. The molecule has 3 nitrogen and oxygen atoms in total. The smallest absolute Gasteiger partial charge is 0.262 e. The van der Waals surface area contributed by atoms with Crippen LogP contribution in [0.4, 0.5) is 5.69 Å². The molecule has 3 aromatic rings. The van der Waals surface area contributed by atoms with Gasteiger partial charge in [-0.1, -0.05) is 57.9 Å². The predicted octanol–water partition coefficient (Wildman–Crippen LogP) is 5.77. The van der Waals surface area contributed by atoms with E-state index in [-0.39, 0.29) is 6.54 Å². The Bertz CT molecular complexity index is 1040. The average Bonchev–Trinajstić information content (AvgIpc) is 2.64. The van der Waals surface area contributed by atoms with Crippen LogP contribution in [0.1, 0.15) is 22.3 Å². The molecule has 3 aromatic carbocycles. The van der Waals surface area contributed by atoms with Crippen molar-refractivity contribution < 1.29 is 8.42 Å². The fourth-order valence-electron chi connectivity index (χ4n) is 2.90. The molecule has 140 valence electrons. The van der Waals surface area contributed by atoms with Gasteiger partial charge in [-0.15, -0.1) is 0 Å². The summed E-state index contributed by atoms with van der Waals surface area (Å²) in [6.45, 7) is 6.17. The molecular formula is C22H22BrNO2S. The van der Waals surface area contributed by atoms with E-state index in [0.29, 0.717) is 10.6 Å². The molecule has 0 aliphatic heterocycles. The molecule has 0 N–H and O–H groups in total. The third-order valence-electron chi connectivity index (χ3n) is 4.69. The molecule has 0 saturated heterocycles.